The van der Waals surface area contributed by atoms with E-state index >= 15 is 0 Å². The molecule has 0 bridgehead atoms. The molecule has 1 aromatic carbocycles. The number of pyridine rings is 1. The van der Waals surface area contributed by atoms with Gasteiger partial charge in [-0.15, -0.1) is 11.3 Å². The molecule has 4 heterocycles. The van der Waals surface area contributed by atoms with Crippen LogP contribution >= 0.6 is 11.3 Å². The normalized spacial score (nSPS) is 13.9. The topological polar surface area (TPSA) is 80.6 Å². The second kappa shape index (κ2) is 9.46. The Balaban J connectivity index is 1.28. The number of aromatic nitrogens is 3. The number of esters is 1. The van der Waals surface area contributed by atoms with Crippen LogP contribution in [0.2, 0.25) is 0 Å². The molecule has 1 saturated heterocycles. The fourth-order valence-corrected chi connectivity index (χ4v) is 5.26. The van der Waals surface area contributed by atoms with Crippen molar-refractivity contribution in [3.63, 3.8) is 0 Å². The molecule has 0 unspecified atom stereocenters. The smallest absolute Gasteiger partial charge is 0.339 e. The Kier molecular flexibility index (Phi) is 6.21. The van der Waals surface area contributed by atoms with Crippen LogP contribution in [0.1, 0.15) is 32.6 Å². The Morgan fingerprint density at radius 2 is 1.83 bits per heavy atom. The quantitative estimate of drug-likeness (QED) is 0.390. The van der Waals surface area contributed by atoms with Gasteiger partial charge in [-0.1, -0.05) is 0 Å². The first-order valence-electron chi connectivity index (χ1n) is 11.4. The van der Waals surface area contributed by atoms with Gasteiger partial charge >= 0.3 is 5.97 Å². The number of ether oxygens (including phenoxy) is 1. The van der Waals surface area contributed by atoms with E-state index in [0.29, 0.717) is 43.2 Å². The standard InChI is InChI=1S/C25H24FN5O3S/c1-3-34-25(33)17-4-9-22(27-15-17)29-10-12-30(13-11-29)23(32)21-14-20-16(2)28-31(24(20)35-21)19-7-5-18(26)6-8-19/h4-9,14-15H,3,10-13H2,1-2H3. The van der Waals surface area contributed by atoms with E-state index in [9.17, 15) is 14.0 Å². The van der Waals surface area contributed by atoms with Crippen molar-refractivity contribution in [3.05, 3.63) is 70.6 Å². The van der Waals surface area contributed by atoms with Gasteiger partial charge in [-0.2, -0.15) is 5.10 Å². The van der Waals surface area contributed by atoms with Crippen LogP contribution in [0, 0.1) is 12.7 Å². The molecule has 4 aromatic rings. The number of carbonyl (C=O) groups excluding carboxylic acids is 2. The van der Waals surface area contributed by atoms with E-state index in [1.165, 1.54) is 29.7 Å². The maximum absolute atomic E-state index is 13.3. The number of rotatable bonds is 5. The molecular weight excluding hydrogens is 469 g/mol. The number of aryl methyl sites for hydroxylation is 1. The van der Waals surface area contributed by atoms with E-state index in [0.717, 1.165) is 27.4 Å². The molecule has 0 atom stereocenters. The van der Waals surface area contributed by atoms with E-state index < -0.39 is 0 Å². The Labute approximate surface area is 205 Å². The van der Waals surface area contributed by atoms with Crippen molar-refractivity contribution in [2.24, 2.45) is 0 Å². The molecule has 0 spiro atoms. The first-order valence-corrected chi connectivity index (χ1v) is 12.2. The molecule has 8 nitrogen and oxygen atoms in total. The van der Waals surface area contributed by atoms with Crippen LogP contribution < -0.4 is 4.90 Å². The zero-order chi connectivity index (χ0) is 24.5. The van der Waals surface area contributed by atoms with Crippen LogP contribution in [0.4, 0.5) is 10.2 Å². The van der Waals surface area contributed by atoms with Gasteiger partial charge in [0.1, 0.15) is 16.5 Å². The van der Waals surface area contributed by atoms with Crippen LogP contribution in [0.15, 0.2) is 48.7 Å². The molecule has 1 fully saturated rings. The third-order valence-corrected chi connectivity index (χ3v) is 7.08. The second-order valence-corrected chi connectivity index (χ2v) is 9.24. The number of halogens is 1. The number of benzene rings is 1. The van der Waals surface area contributed by atoms with Crippen molar-refractivity contribution < 1.29 is 18.7 Å². The third-order valence-electron chi connectivity index (χ3n) is 5.98. The highest BCUT2D eigenvalue weighted by molar-refractivity contribution is 7.20. The van der Waals surface area contributed by atoms with Crippen molar-refractivity contribution in [3.8, 4) is 5.69 Å². The summed E-state index contributed by atoms with van der Waals surface area (Å²) in [7, 11) is 0. The summed E-state index contributed by atoms with van der Waals surface area (Å²) in [4.78, 5) is 35.0. The van der Waals surface area contributed by atoms with Gasteiger partial charge in [0.15, 0.2) is 0 Å². The predicted molar refractivity (Wildman–Crippen MR) is 132 cm³/mol. The molecule has 0 radical (unpaired) electrons. The number of carbonyl (C=O) groups is 2. The summed E-state index contributed by atoms with van der Waals surface area (Å²) in [6.45, 7) is 6.41. The lowest BCUT2D eigenvalue weighted by atomic mass is 10.2. The van der Waals surface area contributed by atoms with Gasteiger partial charge in [0.2, 0.25) is 0 Å². The summed E-state index contributed by atoms with van der Waals surface area (Å²) in [6, 6.07) is 11.6. The number of amides is 1. The Morgan fingerprint density at radius 1 is 1.09 bits per heavy atom. The number of thiophene rings is 1. The van der Waals surface area contributed by atoms with E-state index in [1.807, 2.05) is 17.9 Å². The first-order chi connectivity index (χ1) is 16.9. The minimum absolute atomic E-state index is 0.0125. The van der Waals surface area contributed by atoms with Crippen molar-refractivity contribution in [2.75, 3.05) is 37.7 Å². The molecule has 10 heteroatoms. The number of nitrogens with zero attached hydrogens (tertiary/aromatic N) is 5. The van der Waals surface area contributed by atoms with Crippen LogP contribution in [-0.2, 0) is 4.74 Å². The van der Waals surface area contributed by atoms with Gasteiger partial charge in [0.05, 0.1) is 28.4 Å². The Bertz CT molecular complexity index is 1370. The van der Waals surface area contributed by atoms with Crippen molar-refractivity contribution in [2.45, 2.75) is 13.8 Å². The van der Waals surface area contributed by atoms with Gasteiger partial charge in [-0.3, -0.25) is 4.79 Å². The Morgan fingerprint density at radius 3 is 2.49 bits per heavy atom. The van der Waals surface area contributed by atoms with E-state index in [2.05, 4.69) is 15.0 Å². The zero-order valence-corrected chi connectivity index (χ0v) is 20.2. The van der Waals surface area contributed by atoms with Crippen molar-refractivity contribution in [1.29, 1.82) is 0 Å². The van der Waals surface area contributed by atoms with Gasteiger partial charge in [0.25, 0.3) is 5.91 Å². The fraction of sp³-hybridized carbons (Fsp3) is 0.280. The van der Waals surface area contributed by atoms with Crippen molar-refractivity contribution in [1.82, 2.24) is 19.7 Å². The van der Waals surface area contributed by atoms with Crippen LogP contribution in [0.3, 0.4) is 0 Å². The molecule has 1 aliphatic rings. The molecule has 0 aliphatic carbocycles. The first kappa shape index (κ1) is 23.0. The van der Waals surface area contributed by atoms with Gasteiger partial charge in [-0.05, 0) is 56.3 Å². The molecule has 35 heavy (non-hydrogen) atoms. The van der Waals surface area contributed by atoms with Gasteiger partial charge in [-0.25, -0.2) is 18.9 Å². The predicted octanol–water partition coefficient (Wildman–Crippen LogP) is 4.07. The number of fused-ring (bicyclic) bond motifs is 1. The minimum atomic E-state index is -0.386. The molecule has 1 aliphatic heterocycles. The molecule has 5 rings (SSSR count). The molecule has 180 valence electrons. The van der Waals surface area contributed by atoms with Crippen LogP contribution in [0.5, 0.6) is 0 Å². The molecule has 1 amide bonds. The summed E-state index contributed by atoms with van der Waals surface area (Å²) in [5.74, 6) is 0.0619. The lowest BCUT2D eigenvalue weighted by Crippen LogP contribution is -2.48. The maximum atomic E-state index is 13.3. The molecular formula is C25H24FN5O3S. The monoisotopic (exact) mass is 493 g/mol. The number of hydrogen-bond acceptors (Lipinski definition) is 7. The summed E-state index contributed by atoms with van der Waals surface area (Å²) in [5, 5.41) is 5.49. The van der Waals surface area contributed by atoms with E-state index in [1.54, 1.807) is 35.9 Å². The second-order valence-electron chi connectivity index (χ2n) is 8.21. The number of hydrogen-bond donors (Lipinski definition) is 0. The summed E-state index contributed by atoms with van der Waals surface area (Å²) >= 11 is 1.40. The maximum Gasteiger partial charge on any atom is 0.339 e. The fourth-order valence-electron chi connectivity index (χ4n) is 4.11. The molecule has 0 saturated carbocycles. The molecule has 0 N–H and O–H groups in total. The Hall–Kier alpha value is -3.79. The summed E-state index contributed by atoms with van der Waals surface area (Å²) in [5.41, 5.74) is 1.99. The van der Waals surface area contributed by atoms with E-state index in [-0.39, 0.29) is 17.7 Å². The zero-order valence-electron chi connectivity index (χ0n) is 19.4. The summed E-state index contributed by atoms with van der Waals surface area (Å²) in [6.07, 6.45) is 1.52. The average Bonchev–Trinajstić information content (AvgIpc) is 3.45. The number of piperazine rings is 1. The number of anilines is 1. The molecule has 3 aromatic heterocycles. The van der Waals surface area contributed by atoms with Gasteiger partial charge in [0, 0.05) is 37.8 Å². The highest BCUT2D eigenvalue weighted by Gasteiger charge is 2.26. The minimum Gasteiger partial charge on any atom is -0.462 e. The lowest BCUT2D eigenvalue weighted by Gasteiger charge is -2.35. The van der Waals surface area contributed by atoms with E-state index in [4.69, 9.17) is 4.74 Å². The highest BCUT2D eigenvalue weighted by atomic mass is 32.1. The highest BCUT2D eigenvalue weighted by Crippen LogP contribution is 2.31. The summed E-state index contributed by atoms with van der Waals surface area (Å²) < 4.78 is 20.1. The SMILES string of the molecule is CCOC(=O)c1ccc(N2CCN(C(=O)c3cc4c(C)nn(-c5ccc(F)cc5)c4s3)CC2)nc1. The van der Waals surface area contributed by atoms with Gasteiger partial charge < -0.3 is 14.5 Å². The van der Waals surface area contributed by atoms with Crippen molar-refractivity contribution >= 4 is 39.2 Å². The lowest BCUT2D eigenvalue weighted by molar-refractivity contribution is 0.0525. The third kappa shape index (κ3) is 4.49. The van der Waals surface area contributed by atoms with Crippen LogP contribution in [-0.4, -0.2) is 64.3 Å². The largest absolute Gasteiger partial charge is 0.462 e. The average molecular weight is 494 g/mol. The van der Waals surface area contributed by atoms with Crippen LogP contribution in [0.25, 0.3) is 15.9 Å².